The van der Waals surface area contributed by atoms with Crippen LogP contribution < -0.4 is 5.32 Å². The van der Waals surface area contributed by atoms with E-state index in [9.17, 15) is 4.79 Å². The molecule has 0 bridgehead atoms. The van der Waals surface area contributed by atoms with Gasteiger partial charge in [-0.15, -0.1) is 0 Å². The second-order valence-electron chi connectivity index (χ2n) is 4.05. The Morgan fingerprint density at radius 1 is 1.60 bits per heavy atom. The van der Waals surface area contributed by atoms with Crippen LogP contribution in [0.2, 0.25) is 0 Å². The summed E-state index contributed by atoms with van der Waals surface area (Å²) in [5.74, 6) is 5.42. The molecule has 2 heterocycles. The van der Waals surface area contributed by atoms with Gasteiger partial charge in [-0.1, -0.05) is 23.2 Å². The summed E-state index contributed by atoms with van der Waals surface area (Å²) in [6, 6.07) is 1.71. The number of carbonyl (C=O) groups is 1. The second-order valence-corrected chi connectivity index (χ2v) is 5.08. The number of nitrogens with one attached hydrogen (secondary N) is 1. The zero-order valence-corrected chi connectivity index (χ0v) is 12.0. The van der Waals surface area contributed by atoms with Gasteiger partial charge in [0, 0.05) is 13.5 Å². The van der Waals surface area contributed by atoms with Crippen molar-refractivity contribution in [1.29, 1.82) is 0 Å². The Hall–Kier alpha value is -2.17. The van der Waals surface area contributed by atoms with E-state index in [2.05, 4.69) is 27.2 Å². The summed E-state index contributed by atoms with van der Waals surface area (Å²) in [5, 5.41) is 16.0. The van der Waals surface area contributed by atoms with Crippen molar-refractivity contribution in [3.63, 3.8) is 0 Å². The van der Waals surface area contributed by atoms with Crippen LogP contribution in [0.3, 0.4) is 0 Å². The first-order chi connectivity index (χ1) is 9.60. The minimum atomic E-state index is -0.252. The number of amides is 1. The Morgan fingerprint density at radius 3 is 3.05 bits per heavy atom. The van der Waals surface area contributed by atoms with E-state index in [0.29, 0.717) is 17.2 Å². The average Bonchev–Trinajstić information content (AvgIpc) is 2.96. The van der Waals surface area contributed by atoms with Gasteiger partial charge in [-0.2, -0.15) is 5.10 Å². The molecule has 0 aliphatic heterocycles. The maximum atomic E-state index is 12.0. The van der Waals surface area contributed by atoms with Crippen molar-refractivity contribution in [3.05, 3.63) is 28.5 Å². The predicted molar refractivity (Wildman–Crippen MR) is 76.6 cm³/mol. The van der Waals surface area contributed by atoms with Crippen LogP contribution in [0.4, 0.5) is 5.13 Å². The first kappa shape index (κ1) is 14.2. The molecule has 0 aliphatic rings. The molecule has 1 amide bonds. The van der Waals surface area contributed by atoms with Crippen molar-refractivity contribution in [2.24, 2.45) is 7.05 Å². The lowest BCUT2D eigenvalue weighted by Crippen LogP contribution is -2.15. The number of aliphatic hydroxyl groups is 1. The molecule has 0 spiro atoms. The quantitative estimate of drug-likeness (QED) is 0.832. The standard InChI is InChI=1S/C13H14N4O2S/c1-9-7-11(17(2)16-9)12(19)15-13-14-8-10(20-13)5-3-4-6-18/h7-8,18H,4,6H2,1-2H3,(H,14,15,19). The summed E-state index contributed by atoms with van der Waals surface area (Å²) in [5.41, 5.74) is 1.26. The molecule has 0 saturated carbocycles. The van der Waals surface area contributed by atoms with E-state index in [-0.39, 0.29) is 12.5 Å². The molecule has 104 valence electrons. The zero-order chi connectivity index (χ0) is 14.5. The average molecular weight is 290 g/mol. The van der Waals surface area contributed by atoms with Gasteiger partial charge in [0.2, 0.25) is 0 Å². The monoisotopic (exact) mass is 290 g/mol. The van der Waals surface area contributed by atoms with Crippen LogP contribution in [0.25, 0.3) is 0 Å². The van der Waals surface area contributed by atoms with E-state index < -0.39 is 0 Å². The van der Waals surface area contributed by atoms with E-state index in [4.69, 9.17) is 5.11 Å². The third-order valence-electron chi connectivity index (χ3n) is 2.41. The minimum Gasteiger partial charge on any atom is -0.395 e. The summed E-state index contributed by atoms with van der Waals surface area (Å²) in [4.78, 5) is 16.9. The van der Waals surface area contributed by atoms with Crippen LogP contribution in [-0.2, 0) is 7.05 Å². The molecule has 2 rings (SSSR count). The Morgan fingerprint density at radius 2 is 2.40 bits per heavy atom. The minimum absolute atomic E-state index is 0.0369. The van der Waals surface area contributed by atoms with Crippen LogP contribution in [0.5, 0.6) is 0 Å². The molecule has 2 aromatic rings. The lowest BCUT2D eigenvalue weighted by molar-refractivity contribution is 0.101. The number of rotatable bonds is 3. The number of anilines is 1. The highest BCUT2D eigenvalue weighted by molar-refractivity contribution is 7.16. The lowest BCUT2D eigenvalue weighted by Gasteiger charge is -2.00. The van der Waals surface area contributed by atoms with Gasteiger partial charge >= 0.3 is 0 Å². The topological polar surface area (TPSA) is 80.0 Å². The Labute approximate surface area is 120 Å². The van der Waals surface area contributed by atoms with E-state index in [1.807, 2.05) is 6.92 Å². The van der Waals surface area contributed by atoms with Crippen molar-refractivity contribution in [2.45, 2.75) is 13.3 Å². The fraction of sp³-hybridized carbons (Fsp3) is 0.308. The molecule has 0 unspecified atom stereocenters. The number of hydrogen-bond donors (Lipinski definition) is 2. The number of aliphatic hydroxyl groups excluding tert-OH is 1. The highest BCUT2D eigenvalue weighted by atomic mass is 32.1. The van der Waals surface area contributed by atoms with E-state index in [1.165, 1.54) is 16.0 Å². The van der Waals surface area contributed by atoms with Gasteiger partial charge < -0.3 is 5.11 Å². The Bertz CT molecular complexity index is 678. The molecule has 0 saturated heterocycles. The molecular weight excluding hydrogens is 276 g/mol. The summed E-state index contributed by atoms with van der Waals surface area (Å²) in [7, 11) is 1.72. The molecule has 2 N–H and O–H groups in total. The van der Waals surface area contributed by atoms with Gasteiger partial charge in [0.25, 0.3) is 5.91 Å². The molecule has 0 radical (unpaired) electrons. The number of aromatic nitrogens is 3. The van der Waals surface area contributed by atoms with Crippen LogP contribution in [-0.4, -0.2) is 32.4 Å². The summed E-state index contributed by atoms with van der Waals surface area (Å²) >= 11 is 1.29. The molecule has 0 aliphatic carbocycles. The van der Waals surface area contributed by atoms with Crippen molar-refractivity contribution < 1.29 is 9.90 Å². The number of carbonyl (C=O) groups excluding carboxylic acids is 1. The maximum absolute atomic E-state index is 12.0. The van der Waals surface area contributed by atoms with Gasteiger partial charge in [-0.05, 0) is 13.0 Å². The van der Waals surface area contributed by atoms with Crippen molar-refractivity contribution in [1.82, 2.24) is 14.8 Å². The molecule has 0 fully saturated rings. The molecule has 20 heavy (non-hydrogen) atoms. The number of hydrogen-bond acceptors (Lipinski definition) is 5. The third-order valence-corrected chi connectivity index (χ3v) is 3.24. The van der Waals surface area contributed by atoms with E-state index in [1.54, 1.807) is 19.3 Å². The first-order valence-electron chi connectivity index (χ1n) is 5.97. The second kappa shape index (κ2) is 6.32. The van der Waals surface area contributed by atoms with Crippen LogP contribution >= 0.6 is 11.3 Å². The third kappa shape index (κ3) is 3.44. The first-order valence-corrected chi connectivity index (χ1v) is 6.79. The zero-order valence-electron chi connectivity index (χ0n) is 11.2. The molecule has 7 heteroatoms. The van der Waals surface area contributed by atoms with Gasteiger partial charge in [-0.3, -0.25) is 14.8 Å². The predicted octanol–water partition coefficient (Wildman–Crippen LogP) is 1.17. The summed E-state index contributed by atoms with van der Waals surface area (Å²) in [6.45, 7) is 1.87. The van der Waals surface area contributed by atoms with Gasteiger partial charge in [0.05, 0.1) is 23.4 Å². The summed E-state index contributed by atoms with van der Waals surface area (Å²) < 4.78 is 1.53. The fourth-order valence-electron chi connectivity index (χ4n) is 1.58. The molecule has 0 aromatic carbocycles. The molecule has 6 nitrogen and oxygen atoms in total. The Balaban J connectivity index is 2.06. The van der Waals surface area contributed by atoms with Gasteiger partial charge in [0.1, 0.15) is 5.69 Å². The van der Waals surface area contributed by atoms with E-state index >= 15 is 0 Å². The van der Waals surface area contributed by atoms with Crippen molar-refractivity contribution in [3.8, 4) is 11.8 Å². The summed E-state index contributed by atoms with van der Waals surface area (Å²) in [6.07, 6.45) is 2.02. The highest BCUT2D eigenvalue weighted by Crippen LogP contribution is 2.18. The Kier molecular flexibility index (Phi) is 4.50. The largest absolute Gasteiger partial charge is 0.395 e. The van der Waals surface area contributed by atoms with Crippen LogP contribution in [0.1, 0.15) is 27.5 Å². The van der Waals surface area contributed by atoms with Gasteiger partial charge in [-0.25, -0.2) is 4.98 Å². The SMILES string of the molecule is Cc1cc(C(=O)Nc2ncc(C#CCCO)s2)n(C)n1. The number of aryl methyl sites for hydroxylation is 2. The van der Waals surface area contributed by atoms with Crippen LogP contribution in [0.15, 0.2) is 12.3 Å². The number of nitrogens with zero attached hydrogens (tertiary/aromatic N) is 3. The smallest absolute Gasteiger partial charge is 0.275 e. The normalized spacial score (nSPS) is 9.95. The highest BCUT2D eigenvalue weighted by Gasteiger charge is 2.13. The van der Waals surface area contributed by atoms with Crippen molar-refractivity contribution in [2.75, 3.05) is 11.9 Å². The molecular formula is C13H14N4O2S. The molecule has 2 aromatic heterocycles. The fourth-order valence-corrected chi connectivity index (χ4v) is 2.27. The van der Waals surface area contributed by atoms with E-state index in [0.717, 1.165) is 10.6 Å². The maximum Gasteiger partial charge on any atom is 0.275 e. The van der Waals surface area contributed by atoms with Crippen LogP contribution in [0, 0.1) is 18.8 Å². The molecule has 0 atom stereocenters. The van der Waals surface area contributed by atoms with Gasteiger partial charge in [0.15, 0.2) is 5.13 Å². The number of thiazole rings is 1. The lowest BCUT2D eigenvalue weighted by atomic mass is 10.3. The van der Waals surface area contributed by atoms with Crippen molar-refractivity contribution >= 4 is 22.4 Å².